The molecular weight excluding hydrogens is 559 g/mol. The summed E-state index contributed by atoms with van der Waals surface area (Å²) in [6.45, 7) is 1.26. The Morgan fingerprint density at radius 3 is 2.25 bits per heavy atom. The molecule has 1 atom stereocenters. The Kier molecular flexibility index (Phi) is 8.80. The summed E-state index contributed by atoms with van der Waals surface area (Å²) in [4.78, 5) is 22.4. The maximum absolute atomic E-state index is 13.8. The fraction of sp³-hybridized carbons (Fsp3) is 0.156. The van der Waals surface area contributed by atoms with Crippen molar-refractivity contribution in [3.8, 4) is 0 Å². The van der Waals surface area contributed by atoms with Gasteiger partial charge >= 0.3 is 0 Å². The Morgan fingerprint density at radius 1 is 0.900 bits per heavy atom. The number of anilines is 1. The molecule has 5 nitrogen and oxygen atoms in total. The first-order chi connectivity index (χ1) is 19.4. The number of aliphatic imine (C=N–C) groups is 1. The molecule has 0 spiro atoms. The number of fused-ring (bicyclic) bond motifs is 1. The summed E-state index contributed by atoms with van der Waals surface area (Å²) < 4.78 is 0. The van der Waals surface area contributed by atoms with Gasteiger partial charge in [-0.3, -0.25) is 4.79 Å². The second-order valence-electron chi connectivity index (χ2n) is 9.51. The highest BCUT2D eigenvalue weighted by Crippen LogP contribution is 2.32. The fourth-order valence-electron chi connectivity index (χ4n) is 4.68. The minimum atomic E-state index is -0.968. The van der Waals surface area contributed by atoms with Crippen LogP contribution in [0.2, 0.25) is 10.0 Å². The lowest BCUT2D eigenvalue weighted by Crippen LogP contribution is -2.50. The largest absolute Gasteiger partial charge is 0.345 e. The van der Waals surface area contributed by atoms with Gasteiger partial charge in [0.15, 0.2) is 5.11 Å². The molecule has 202 valence electrons. The van der Waals surface area contributed by atoms with Gasteiger partial charge in [-0.25, -0.2) is 4.99 Å². The molecule has 0 aromatic heterocycles. The molecule has 1 heterocycles. The molecule has 1 aliphatic rings. The van der Waals surface area contributed by atoms with Crippen LogP contribution in [0.3, 0.4) is 0 Å². The third-order valence-electron chi connectivity index (χ3n) is 6.80. The Morgan fingerprint density at radius 2 is 1.55 bits per heavy atom. The van der Waals surface area contributed by atoms with Crippen molar-refractivity contribution in [2.24, 2.45) is 4.99 Å². The number of carbonyl (C=O) groups excluding carboxylic acids is 1. The molecule has 0 saturated carbocycles. The van der Waals surface area contributed by atoms with Gasteiger partial charge < -0.3 is 15.1 Å². The third kappa shape index (κ3) is 6.36. The first-order valence-electron chi connectivity index (χ1n) is 12.9. The van der Waals surface area contributed by atoms with E-state index in [2.05, 4.69) is 34.5 Å². The third-order valence-corrected chi connectivity index (χ3v) is 7.74. The van der Waals surface area contributed by atoms with E-state index in [1.54, 1.807) is 24.1 Å². The van der Waals surface area contributed by atoms with Crippen LogP contribution in [-0.4, -0.2) is 41.4 Å². The van der Waals surface area contributed by atoms with Crippen molar-refractivity contribution in [2.75, 3.05) is 18.5 Å². The SMILES string of the molecule is CN1C(=O)C(NC(=S)N(CCc2ccccc2)Cc2ccccc2)N=C(c2ccccc2Cl)c2cc(Cl)ccc21. The maximum atomic E-state index is 13.8. The summed E-state index contributed by atoms with van der Waals surface area (Å²) in [7, 11) is 1.73. The Hall–Kier alpha value is -3.71. The van der Waals surface area contributed by atoms with Crippen LogP contribution in [0.4, 0.5) is 5.69 Å². The first-order valence-corrected chi connectivity index (χ1v) is 14.1. The zero-order valence-corrected chi connectivity index (χ0v) is 24.3. The topological polar surface area (TPSA) is 47.9 Å². The van der Waals surface area contributed by atoms with Gasteiger partial charge in [-0.2, -0.15) is 0 Å². The van der Waals surface area contributed by atoms with E-state index in [4.69, 9.17) is 40.4 Å². The first kappa shape index (κ1) is 27.8. The average molecular weight is 588 g/mol. The number of hydrogen-bond donors (Lipinski definition) is 1. The number of nitrogens with one attached hydrogen (secondary N) is 1. The number of rotatable bonds is 7. The van der Waals surface area contributed by atoms with E-state index in [9.17, 15) is 4.79 Å². The summed E-state index contributed by atoms with van der Waals surface area (Å²) in [5.74, 6) is -0.240. The molecule has 4 aromatic rings. The van der Waals surface area contributed by atoms with Crippen LogP contribution in [0.5, 0.6) is 0 Å². The van der Waals surface area contributed by atoms with Crippen molar-refractivity contribution in [1.29, 1.82) is 0 Å². The van der Waals surface area contributed by atoms with E-state index in [0.717, 1.165) is 17.5 Å². The molecule has 40 heavy (non-hydrogen) atoms. The molecule has 0 fully saturated rings. The normalized spacial score (nSPS) is 14.7. The van der Waals surface area contributed by atoms with Crippen molar-refractivity contribution in [2.45, 2.75) is 19.1 Å². The number of benzodiazepines with no additional fused rings is 1. The lowest BCUT2D eigenvalue weighted by atomic mass is 10.00. The molecule has 8 heteroatoms. The van der Waals surface area contributed by atoms with E-state index < -0.39 is 6.17 Å². The molecule has 0 saturated heterocycles. The van der Waals surface area contributed by atoms with E-state index in [1.165, 1.54) is 5.56 Å². The number of thiocarbonyl (C=S) groups is 1. The number of amides is 1. The van der Waals surface area contributed by atoms with Crippen molar-refractivity contribution in [1.82, 2.24) is 10.2 Å². The molecular formula is C32H28Cl2N4OS. The average Bonchev–Trinajstić information content (AvgIpc) is 3.07. The van der Waals surface area contributed by atoms with Crippen molar-refractivity contribution in [3.05, 3.63) is 135 Å². The molecule has 0 aliphatic carbocycles. The minimum Gasteiger partial charge on any atom is -0.345 e. The highest BCUT2D eigenvalue weighted by Gasteiger charge is 2.32. The van der Waals surface area contributed by atoms with Gasteiger partial charge in [0.2, 0.25) is 6.17 Å². The molecule has 1 N–H and O–H groups in total. The fourth-order valence-corrected chi connectivity index (χ4v) is 5.35. The van der Waals surface area contributed by atoms with Gasteiger partial charge in [-0.15, -0.1) is 0 Å². The highest BCUT2D eigenvalue weighted by molar-refractivity contribution is 7.80. The Labute approximate surface area is 250 Å². The number of carbonyl (C=O) groups is 1. The van der Waals surface area contributed by atoms with E-state index in [1.807, 2.05) is 66.7 Å². The second-order valence-corrected chi connectivity index (χ2v) is 10.7. The molecule has 4 aromatic carbocycles. The van der Waals surface area contributed by atoms with Gasteiger partial charge in [0.1, 0.15) is 0 Å². The number of nitrogens with zero attached hydrogens (tertiary/aromatic N) is 3. The lowest BCUT2D eigenvalue weighted by Gasteiger charge is -2.29. The molecule has 1 aliphatic heterocycles. The molecule has 0 radical (unpaired) electrons. The smallest absolute Gasteiger partial charge is 0.272 e. The van der Waals surface area contributed by atoms with E-state index in [-0.39, 0.29) is 5.91 Å². The zero-order valence-electron chi connectivity index (χ0n) is 21.9. The molecule has 0 bridgehead atoms. The minimum absolute atomic E-state index is 0.240. The predicted octanol–water partition coefficient (Wildman–Crippen LogP) is 6.75. The standard InChI is InChI=1S/C32H28Cl2N4OS/c1-37-28-17-16-24(33)20-26(28)29(25-14-8-9-15-27(25)34)35-30(31(37)39)36-32(40)38(21-23-12-6-3-7-13-23)19-18-22-10-4-2-5-11-22/h2-17,20,30H,18-19,21H2,1H3,(H,36,40). The Bertz CT molecular complexity index is 1550. The molecule has 1 unspecified atom stereocenters. The summed E-state index contributed by atoms with van der Waals surface area (Å²) in [5.41, 5.74) is 5.01. The number of halogens is 2. The van der Waals surface area contributed by atoms with Crippen LogP contribution in [-0.2, 0) is 17.8 Å². The quantitative estimate of drug-likeness (QED) is 0.243. The maximum Gasteiger partial charge on any atom is 0.272 e. The monoisotopic (exact) mass is 586 g/mol. The zero-order chi connectivity index (χ0) is 28.1. The number of benzene rings is 4. The number of likely N-dealkylation sites (N-methyl/N-ethyl adjacent to an activating group) is 1. The van der Waals surface area contributed by atoms with Gasteiger partial charge in [0.05, 0.1) is 11.4 Å². The summed E-state index contributed by atoms with van der Waals surface area (Å²) in [6, 6.07) is 33.2. The van der Waals surface area contributed by atoms with Crippen molar-refractivity contribution >= 4 is 57.8 Å². The summed E-state index contributed by atoms with van der Waals surface area (Å²) in [6.07, 6.45) is -0.170. The summed E-state index contributed by atoms with van der Waals surface area (Å²) >= 11 is 18.9. The van der Waals surface area contributed by atoms with Crippen LogP contribution in [0, 0.1) is 0 Å². The molecule has 5 rings (SSSR count). The molecule has 1 amide bonds. The van der Waals surface area contributed by atoms with E-state index in [0.29, 0.717) is 45.2 Å². The van der Waals surface area contributed by atoms with Crippen LogP contribution in [0.15, 0.2) is 108 Å². The second kappa shape index (κ2) is 12.6. The summed E-state index contributed by atoms with van der Waals surface area (Å²) in [5, 5.41) is 4.77. The van der Waals surface area contributed by atoms with Crippen LogP contribution in [0.1, 0.15) is 22.3 Å². The van der Waals surface area contributed by atoms with Gasteiger partial charge in [-0.05, 0) is 54.0 Å². The lowest BCUT2D eigenvalue weighted by molar-refractivity contribution is -0.119. The van der Waals surface area contributed by atoms with E-state index >= 15 is 0 Å². The predicted molar refractivity (Wildman–Crippen MR) is 168 cm³/mol. The van der Waals surface area contributed by atoms with Crippen LogP contribution < -0.4 is 10.2 Å². The van der Waals surface area contributed by atoms with Crippen molar-refractivity contribution < 1.29 is 4.79 Å². The van der Waals surface area contributed by atoms with Crippen molar-refractivity contribution in [3.63, 3.8) is 0 Å². The van der Waals surface area contributed by atoms with Crippen LogP contribution >= 0.6 is 35.4 Å². The number of hydrogen-bond acceptors (Lipinski definition) is 3. The Balaban J connectivity index is 1.49. The van der Waals surface area contributed by atoms with Gasteiger partial charge in [0.25, 0.3) is 5.91 Å². The van der Waals surface area contributed by atoms with Gasteiger partial charge in [-0.1, -0.05) is 102 Å². The highest BCUT2D eigenvalue weighted by atomic mass is 35.5. The van der Waals surface area contributed by atoms with Crippen LogP contribution in [0.25, 0.3) is 0 Å². The van der Waals surface area contributed by atoms with Gasteiger partial charge in [0, 0.05) is 41.3 Å².